The van der Waals surface area contributed by atoms with Crippen LogP contribution in [0.4, 0.5) is 5.69 Å². The Bertz CT molecular complexity index is 607. The number of likely N-dealkylation sites (tertiary alicyclic amines) is 1. The average Bonchev–Trinajstić information content (AvgIpc) is 2.75. The first kappa shape index (κ1) is 20.9. The van der Waals surface area contributed by atoms with Crippen molar-refractivity contribution >= 4 is 11.6 Å². The zero-order valence-corrected chi connectivity index (χ0v) is 17.6. The van der Waals surface area contributed by atoms with Crippen LogP contribution in [-0.4, -0.2) is 70.4 Å². The van der Waals surface area contributed by atoms with E-state index in [1.165, 1.54) is 43.7 Å². The molecule has 0 bridgehead atoms. The molecule has 0 aliphatic carbocycles. The van der Waals surface area contributed by atoms with Crippen LogP contribution in [0.1, 0.15) is 31.7 Å². The minimum absolute atomic E-state index is 0.775. The number of nitrogens with one attached hydrogen (secondary N) is 2. The van der Waals surface area contributed by atoms with Gasteiger partial charge >= 0.3 is 0 Å². The molecule has 0 atom stereocenters. The molecule has 6 heteroatoms. The van der Waals surface area contributed by atoms with E-state index in [-0.39, 0.29) is 0 Å². The molecule has 2 aliphatic rings. The third-order valence-electron chi connectivity index (χ3n) is 5.83. The SMILES string of the molecule is CN=C(NCCCN1CCC(C)CC1)NCc1ccccc1N1CCOCC1. The van der Waals surface area contributed by atoms with Crippen molar-refractivity contribution < 1.29 is 4.74 Å². The highest BCUT2D eigenvalue weighted by atomic mass is 16.5. The molecule has 2 heterocycles. The lowest BCUT2D eigenvalue weighted by molar-refractivity contribution is 0.122. The van der Waals surface area contributed by atoms with Gasteiger partial charge in [-0.2, -0.15) is 0 Å². The molecule has 2 saturated heterocycles. The maximum Gasteiger partial charge on any atom is 0.191 e. The summed E-state index contributed by atoms with van der Waals surface area (Å²) in [5.41, 5.74) is 2.60. The Kier molecular flexibility index (Phi) is 8.42. The fraction of sp³-hybridized carbons (Fsp3) is 0.682. The summed E-state index contributed by atoms with van der Waals surface area (Å²) in [7, 11) is 1.84. The van der Waals surface area contributed by atoms with Crippen molar-refractivity contribution in [3.8, 4) is 0 Å². The van der Waals surface area contributed by atoms with Crippen LogP contribution in [0.15, 0.2) is 29.3 Å². The van der Waals surface area contributed by atoms with Crippen LogP contribution in [0.2, 0.25) is 0 Å². The second kappa shape index (κ2) is 11.3. The van der Waals surface area contributed by atoms with Crippen molar-refractivity contribution in [2.24, 2.45) is 10.9 Å². The molecule has 0 aromatic heterocycles. The van der Waals surface area contributed by atoms with Crippen LogP contribution in [-0.2, 0) is 11.3 Å². The molecule has 0 amide bonds. The van der Waals surface area contributed by atoms with Crippen LogP contribution in [0.25, 0.3) is 0 Å². The number of hydrogen-bond acceptors (Lipinski definition) is 4. The standard InChI is InChI=1S/C22H37N5O/c1-19-8-12-26(13-9-19)11-5-10-24-22(23-2)25-18-20-6-3-4-7-21(20)27-14-16-28-17-15-27/h3-4,6-7,19H,5,8-18H2,1-2H3,(H2,23,24,25). The second-order valence-corrected chi connectivity index (χ2v) is 7.96. The number of morpholine rings is 1. The molecule has 2 aliphatic heterocycles. The minimum Gasteiger partial charge on any atom is -0.378 e. The second-order valence-electron chi connectivity index (χ2n) is 7.96. The number of rotatable bonds is 7. The monoisotopic (exact) mass is 387 g/mol. The molecule has 3 rings (SSSR count). The highest BCUT2D eigenvalue weighted by Crippen LogP contribution is 2.21. The highest BCUT2D eigenvalue weighted by molar-refractivity contribution is 5.79. The Morgan fingerprint density at radius 2 is 1.86 bits per heavy atom. The minimum atomic E-state index is 0.775. The summed E-state index contributed by atoms with van der Waals surface area (Å²) in [6.45, 7) is 11.3. The normalized spacial score (nSPS) is 19.6. The van der Waals surface area contributed by atoms with Gasteiger partial charge < -0.3 is 25.2 Å². The molecule has 1 aromatic carbocycles. The summed E-state index contributed by atoms with van der Waals surface area (Å²) in [5.74, 6) is 1.78. The zero-order chi connectivity index (χ0) is 19.6. The number of anilines is 1. The Hall–Kier alpha value is -1.79. The number of para-hydroxylation sites is 1. The topological polar surface area (TPSA) is 52.1 Å². The summed E-state index contributed by atoms with van der Waals surface area (Å²) in [6, 6.07) is 8.62. The average molecular weight is 388 g/mol. The fourth-order valence-electron chi connectivity index (χ4n) is 3.97. The summed E-state index contributed by atoms with van der Waals surface area (Å²) in [4.78, 5) is 9.39. The summed E-state index contributed by atoms with van der Waals surface area (Å²) in [6.07, 6.45) is 3.85. The van der Waals surface area contributed by atoms with Crippen molar-refractivity contribution in [1.29, 1.82) is 0 Å². The Morgan fingerprint density at radius 3 is 2.61 bits per heavy atom. The number of hydrogen-bond donors (Lipinski definition) is 2. The molecule has 0 radical (unpaired) electrons. The van der Waals surface area contributed by atoms with Gasteiger partial charge in [0.05, 0.1) is 13.2 Å². The van der Waals surface area contributed by atoms with Gasteiger partial charge in [-0.1, -0.05) is 25.1 Å². The lowest BCUT2D eigenvalue weighted by atomic mass is 9.99. The van der Waals surface area contributed by atoms with Crippen LogP contribution in [0.5, 0.6) is 0 Å². The zero-order valence-electron chi connectivity index (χ0n) is 17.6. The van der Waals surface area contributed by atoms with Crippen molar-refractivity contribution in [2.45, 2.75) is 32.7 Å². The fourth-order valence-corrected chi connectivity index (χ4v) is 3.97. The maximum atomic E-state index is 5.49. The van der Waals surface area contributed by atoms with Crippen LogP contribution >= 0.6 is 0 Å². The first-order chi connectivity index (χ1) is 13.8. The van der Waals surface area contributed by atoms with Gasteiger partial charge in [-0.05, 0) is 56.4 Å². The first-order valence-corrected chi connectivity index (χ1v) is 10.8. The number of ether oxygens (including phenoxy) is 1. The summed E-state index contributed by atoms with van der Waals surface area (Å²) in [5, 5.41) is 6.94. The molecule has 0 saturated carbocycles. The first-order valence-electron chi connectivity index (χ1n) is 10.8. The van der Waals surface area contributed by atoms with E-state index in [4.69, 9.17) is 4.74 Å². The molecule has 6 nitrogen and oxygen atoms in total. The van der Waals surface area contributed by atoms with Gasteiger partial charge in [0.15, 0.2) is 5.96 Å². The molecular weight excluding hydrogens is 350 g/mol. The number of nitrogens with zero attached hydrogens (tertiary/aromatic N) is 3. The predicted molar refractivity (Wildman–Crippen MR) is 117 cm³/mol. The van der Waals surface area contributed by atoms with Crippen molar-refractivity contribution in [3.05, 3.63) is 29.8 Å². The molecule has 156 valence electrons. The van der Waals surface area contributed by atoms with Gasteiger partial charge in [0.25, 0.3) is 0 Å². The van der Waals surface area contributed by atoms with Gasteiger partial charge in [-0.25, -0.2) is 0 Å². The molecule has 2 fully saturated rings. The van der Waals surface area contributed by atoms with Crippen LogP contribution in [0, 0.1) is 5.92 Å². The molecule has 0 spiro atoms. The Balaban J connectivity index is 1.40. The van der Waals surface area contributed by atoms with Gasteiger partial charge in [0.2, 0.25) is 0 Å². The smallest absolute Gasteiger partial charge is 0.191 e. The number of benzene rings is 1. The van der Waals surface area contributed by atoms with Gasteiger partial charge in [-0.15, -0.1) is 0 Å². The maximum absolute atomic E-state index is 5.49. The van der Waals surface area contributed by atoms with Crippen molar-refractivity contribution in [2.75, 3.05) is 64.4 Å². The van der Waals surface area contributed by atoms with E-state index in [0.29, 0.717) is 0 Å². The Labute approximate surface area is 170 Å². The van der Waals surface area contributed by atoms with Crippen molar-refractivity contribution in [3.63, 3.8) is 0 Å². The summed E-state index contributed by atoms with van der Waals surface area (Å²) >= 11 is 0. The van der Waals surface area contributed by atoms with Crippen LogP contribution in [0.3, 0.4) is 0 Å². The highest BCUT2D eigenvalue weighted by Gasteiger charge is 2.16. The predicted octanol–water partition coefficient (Wildman–Crippen LogP) is 2.31. The van der Waals surface area contributed by atoms with Gasteiger partial charge in [0, 0.05) is 38.9 Å². The summed E-state index contributed by atoms with van der Waals surface area (Å²) < 4.78 is 5.49. The van der Waals surface area contributed by atoms with E-state index < -0.39 is 0 Å². The van der Waals surface area contributed by atoms with E-state index in [1.807, 2.05) is 7.05 Å². The molecule has 2 N–H and O–H groups in total. The third-order valence-corrected chi connectivity index (χ3v) is 5.83. The van der Waals surface area contributed by atoms with Crippen molar-refractivity contribution in [1.82, 2.24) is 15.5 Å². The largest absolute Gasteiger partial charge is 0.378 e. The third kappa shape index (κ3) is 6.38. The molecule has 0 unspecified atom stereocenters. The lowest BCUT2D eigenvalue weighted by Crippen LogP contribution is -2.40. The van der Waals surface area contributed by atoms with Gasteiger partial charge in [0.1, 0.15) is 0 Å². The number of piperidine rings is 1. The Morgan fingerprint density at radius 1 is 1.11 bits per heavy atom. The molecule has 1 aromatic rings. The van der Waals surface area contributed by atoms with Crippen LogP contribution < -0.4 is 15.5 Å². The number of aliphatic imine (C=N–C) groups is 1. The number of guanidine groups is 1. The van der Waals surface area contributed by atoms with E-state index in [9.17, 15) is 0 Å². The lowest BCUT2D eigenvalue weighted by Gasteiger charge is -2.31. The van der Waals surface area contributed by atoms with E-state index in [1.54, 1.807) is 0 Å². The molecule has 28 heavy (non-hydrogen) atoms. The molecular formula is C22H37N5O. The quantitative estimate of drug-likeness (QED) is 0.427. The van der Waals surface area contributed by atoms with Gasteiger partial charge in [-0.3, -0.25) is 4.99 Å². The van der Waals surface area contributed by atoms with E-state index >= 15 is 0 Å². The van der Waals surface area contributed by atoms with E-state index in [0.717, 1.165) is 57.7 Å². The van der Waals surface area contributed by atoms with E-state index in [2.05, 4.69) is 56.6 Å².